The molecule has 4 aliphatic rings. The molecule has 0 amide bonds. The average molecular weight is 1630 g/mol. The second-order valence-electron chi connectivity index (χ2n) is 27.8. The summed E-state index contributed by atoms with van der Waals surface area (Å²) in [6.45, 7) is 12.7. The van der Waals surface area contributed by atoms with E-state index in [-0.39, 0.29) is 20.9 Å². The first-order valence-electron chi connectivity index (χ1n) is 35.2. The number of hydrogen-bond acceptors (Lipinski definition) is 8. The summed E-state index contributed by atoms with van der Waals surface area (Å²) in [5, 5.41) is 6.47. The molecule has 0 fully saturated rings. The summed E-state index contributed by atoms with van der Waals surface area (Å²) in [6, 6.07) is 80.5. The third-order valence-corrected chi connectivity index (χ3v) is 22.9. The van der Waals surface area contributed by atoms with Crippen molar-refractivity contribution >= 4 is 168 Å². The fourth-order valence-electron chi connectivity index (χ4n) is 16.3. The molecular formula is C91H62B2Br2Cl4N2O8. The number of ether oxygens (including phenoxy) is 8. The zero-order valence-electron chi connectivity index (χ0n) is 58.7. The summed E-state index contributed by atoms with van der Waals surface area (Å²) in [6.07, 6.45) is 0. The van der Waals surface area contributed by atoms with E-state index in [1.165, 1.54) is 22.3 Å². The summed E-state index contributed by atoms with van der Waals surface area (Å²) in [4.78, 5) is 0. The molecule has 0 spiro atoms. The van der Waals surface area contributed by atoms with E-state index in [9.17, 15) is 0 Å². The van der Waals surface area contributed by atoms with Gasteiger partial charge < -0.3 is 47.0 Å². The molecule has 10 nitrogen and oxygen atoms in total. The van der Waals surface area contributed by atoms with Crippen molar-refractivity contribution in [1.29, 1.82) is 0 Å². The first-order chi connectivity index (χ1) is 52.4. The maximum absolute atomic E-state index is 6.81. The number of hydrogen-bond donors (Lipinski definition) is 0. The highest BCUT2D eigenvalue weighted by molar-refractivity contribution is 9.11. The van der Waals surface area contributed by atoms with Crippen LogP contribution in [0.15, 0.2) is 252 Å². The number of halogens is 6. The summed E-state index contributed by atoms with van der Waals surface area (Å²) < 4.78 is 57.9. The maximum Gasteiger partial charge on any atom is 0.260 e. The van der Waals surface area contributed by atoms with Crippen LogP contribution in [0.3, 0.4) is 0 Å². The van der Waals surface area contributed by atoms with Crippen LogP contribution < -0.4 is 70.7 Å². The van der Waals surface area contributed by atoms with Crippen LogP contribution in [0.5, 0.6) is 92.0 Å². The summed E-state index contributed by atoms with van der Waals surface area (Å²) >= 11 is 33.9. The molecule has 18 heteroatoms. The van der Waals surface area contributed by atoms with Crippen molar-refractivity contribution in [1.82, 2.24) is 9.13 Å². The Kier molecular flexibility index (Phi) is 17.6. The van der Waals surface area contributed by atoms with Crippen molar-refractivity contribution in [2.45, 2.75) is 49.0 Å². The number of rotatable bonds is 10. The van der Waals surface area contributed by atoms with Gasteiger partial charge in [0.2, 0.25) is 0 Å². The van der Waals surface area contributed by atoms with Gasteiger partial charge in [-0.05, 0) is 202 Å². The maximum atomic E-state index is 6.81. The molecule has 6 heterocycles. The predicted octanol–water partition coefficient (Wildman–Crippen LogP) is 24.8. The standard InChI is InChI=1S/C45H27B2Cl2NO4.C45H31Br2Cl2NO4.CH4/c1-22-12-23(2)45(24(3)13-22)50-33-20-37-31(46-29-8-4-6-10-35(29)51-39-14-25(48)16-41(53-37)43(39)46)18-27(33)28-19-32-38(21-34(28)50)54-42-17-26(49)15-40-44(42)47(32)30-9-5-7-11-36(30)52-40;1-26-18-27(2)45(28(3)19-26)50-37-24-33(53-41-22-29(48)20-39(43(41)46)51-31-10-6-4-7-11-31)14-16-35(37)36-17-15-34(25-38(36)50)54-42-23-30(49)21-40(44(42)47)52-32-12-8-5-9-13-32;/h4-21H,1-3H3;4-25H,1-3H3;1H4. The van der Waals surface area contributed by atoms with Crippen molar-refractivity contribution in [3.05, 3.63) is 305 Å². The third-order valence-electron chi connectivity index (χ3n) is 20.5. The molecular weight excluding hydrogens is 1570 g/mol. The minimum absolute atomic E-state index is 0. The highest BCUT2D eigenvalue weighted by atomic mass is 79.9. The van der Waals surface area contributed by atoms with Crippen molar-refractivity contribution in [3.8, 4) is 103 Å². The van der Waals surface area contributed by atoms with E-state index < -0.39 is 0 Å². The fourth-order valence-corrected chi connectivity index (χ4v) is 17.9. The first-order valence-corrected chi connectivity index (χ1v) is 38.3. The fraction of sp³-hybridized carbons (Fsp3) is 0.0769. The van der Waals surface area contributed by atoms with Gasteiger partial charge in [-0.1, -0.05) is 174 Å². The Morgan fingerprint density at radius 1 is 0.294 bits per heavy atom. The van der Waals surface area contributed by atoms with Gasteiger partial charge in [0, 0.05) is 101 Å². The van der Waals surface area contributed by atoms with Gasteiger partial charge in [-0.2, -0.15) is 0 Å². The number of benzene rings is 14. The number of nitrogens with zero attached hydrogens (tertiary/aromatic N) is 2. The molecule has 14 aromatic carbocycles. The lowest BCUT2D eigenvalue weighted by atomic mass is 9.34. The molecule has 20 rings (SSSR count). The monoisotopic (exact) mass is 1630 g/mol. The van der Waals surface area contributed by atoms with Gasteiger partial charge in [-0.25, -0.2) is 0 Å². The van der Waals surface area contributed by atoms with Gasteiger partial charge in [0.15, 0.2) is 0 Å². The van der Waals surface area contributed by atoms with Gasteiger partial charge >= 0.3 is 0 Å². The zero-order valence-corrected chi connectivity index (χ0v) is 64.9. The van der Waals surface area contributed by atoms with Gasteiger partial charge in [-0.15, -0.1) is 0 Å². The van der Waals surface area contributed by atoms with Crippen LogP contribution in [0.4, 0.5) is 0 Å². The largest absolute Gasteiger partial charge is 0.458 e. The van der Waals surface area contributed by atoms with E-state index in [1.54, 1.807) is 24.3 Å². The Labute approximate surface area is 667 Å². The van der Waals surface area contributed by atoms with Crippen molar-refractivity contribution in [2.24, 2.45) is 0 Å². The van der Waals surface area contributed by atoms with E-state index >= 15 is 0 Å². The number of aromatic nitrogens is 2. The van der Waals surface area contributed by atoms with Crippen LogP contribution in [-0.2, 0) is 0 Å². The summed E-state index contributed by atoms with van der Waals surface area (Å²) in [5.74, 6) is 10.9. The molecule has 0 saturated carbocycles. The Balaban J connectivity index is 0.000000152. The number of fused-ring (bicyclic) bond motifs is 14. The molecule has 0 atom stereocenters. The lowest BCUT2D eigenvalue weighted by molar-refractivity contribution is 0.454. The number of aryl methyl sites for hydroxylation is 6. The van der Waals surface area contributed by atoms with Crippen LogP contribution in [0.25, 0.3) is 55.0 Å². The minimum atomic E-state index is -0.103. The van der Waals surface area contributed by atoms with Crippen LogP contribution in [0, 0.1) is 41.5 Å². The molecule has 109 heavy (non-hydrogen) atoms. The molecule has 532 valence electrons. The lowest BCUT2D eigenvalue weighted by Crippen LogP contribution is -2.57. The van der Waals surface area contributed by atoms with Gasteiger partial charge in [0.05, 0.1) is 33.4 Å². The minimum Gasteiger partial charge on any atom is -0.458 e. The smallest absolute Gasteiger partial charge is 0.260 e. The van der Waals surface area contributed by atoms with Gasteiger partial charge in [0.25, 0.3) is 13.4 Å². The number of para-hydroxylation sites is 4. The van der Waals surface area contributed by atoms with Crippen LogP contribution >= 0.6 is 78.3 Å². The Hall–Kier alpha value is -10.7. The lowest BCUT2D eigenvalue weighted by Gasteiger charge is -2.33. The third kappa shape index (κ3) is 12.2. The average Bonchev–Trinajstić information content (AvgIpc) is 1.75. The highest BCUT2D eigenvalue weighted by Crippen LogP contribution is 2.49. The predicted molar refractivity (Wildman–Crippen MR) is 454 cm³/mol. The molecule has 2 aromatic heterocycles. The van der Waals surface area contributed by atoms with Crippen molar-refractivity contribution in [3.63, 3.8) is 0 Å². The van der Waals surface area contributed by atoms with E-state index in [2.05, 4.69) is 180 Å². The molecule has 0 aliphatic carbocycles. The van der Waals surface area contributed by atoms with Gasteiger partial charge in [0.1, 0.15) is 101 Å². The molecule has 0 N–H and O–H groups in total. The van der Waals surface area contributed by atoms with E-state index in [0.717, 1.165) is 133 Å². The van der Waals surface area contributed by atoms with Crippen LogP contribution in [-0.4, -0.2) is 22.6 Å². The first kappa shape index (κ1) is 70.0. The zero-order chi connectivity index (χ0) is 73.7. The Morgan fingerprint density at radius 2 is 0.606 bits per heavy atom. The van der Waals surface area contributed by atoms with E-state index in [0.29, 0.717) is 86.5 Å². The molecule has 0 saturated heterocycles. The quantitative estimate of drug-likeness (QED) is 0.125. The second-order valence-corrected chi connectivity index (χ2v) is 31.1. The molecule has 0 unspecified atom stereocenters. The Bertz CT molecular complexity index is 6150. The second kappa shape index (κ2) is 27.5. The van der Waals surface area contributed by atoms with Crippen molar-refractivity contribution < 1.29 is 37.9 Å². The topological polar surface area (TPSA) is 83.7 Å². The van der Waals surface area contributed by atoms with Crippen molar-refractivity contribution in [2.75, 3.05) is 0 Å². The molecule has 0 radical (unpaired) electrons. The molecule has 16 aromatic rings. The Morgan fingerprint density at radius 3 is 0.972 bits per heavy atom. The highest BCUT2D eigenvalue weighted by Gasteiger charge is 2.44. The van der Waals surface area contributed by atoms with E-state index in [4.69, 9.17) is 84.3 Å². The summed E-state index contributed by atoms with van der Waals surface area (Å²) in [5.41, 5.74) is 19.7. The van der Waals surface area contributed by atoms with Crippen LogP contribution in [0.2, 0.25) is 20.1 Å². The molecule has 4 aliphatic heterocycles. The van der Waals surface area contributed by atoms with Crippen LogP contribution in [0.1, 0.15) is 40.8 Å². The van der Waals surface area contributed by atoms with Gasteiger partial charge in [-0.3, -0.25) is 0 Å². The van der Waals surface area contributed by atoms with E-state index in [1.807, 2.05) is 121 Å². The summed E-state index contributed by atoms with van der Waals surface area (Å²) in [7, 11) is 0. The SMILES string of the molecule is C.Cc1cc(C)c(-n2c3cc(Oc4cc(Cl)cc(Oc5ccccc5)c4Br)ccc3c3ccc(Oc4cc(Cl)cc(Oc5ccccc5)c4Br)cc32)c(C)c1.Cc1cc(C)c(-n2c3cc4c(cc3c3cc5c(cc32)Oc2cc(Cl)cc3c2B5c2ccccc2O3)B2c3ccccc3Oc3cc(Cl)cc(c32)O4)c(C)c1. The molecule has 0 bridgehead atoms. The normalized spacial score (nSPS) is 12.4.